The molecule has 2 heterocycles. The molecule has 0 bridgehead atoms. The SMILES string of the molecule is Cc1ccc(S(=O)(=O)N2CCN(C(=O)[C@H]3CC(=O)OC3(C)C)CC2)cc1. The minimum absolute atomic E-state index is 0.0771. The summed E-state index contributed by atoms with van der Waals surface area (Å²) in [4.78, 5) is 26.2. The van der Waals surface area contributed by atoms with E-state index >= 15 is 0 Å². The van der Waals surface area contributed by atoms with Gasteiger partial charge in [-0.1, -0.05) is 17.7 Å². The van der Waals surface area contributed by atoms with Crippen LogP contribution < -0.4 is 0 Å². The topological polar surface area (TPSA) is 84.0 Å². The molecule has 0 aliphatic carbocycles. The molecule has 0 N–H and O–H groups in total. The maximum Gasteiger partial charge on any atom is 0.307 e. The third-order valence-electron chi connectivity index (χ3n) is 5.09. The lowest BCUT2D eigenvalue weighted by molar-refractivity contribution is -0.149. The van der Waals surface area contributed by atoms with Crippen molar-refractivity contribution in [2.24, 2.45) is 5.92 Å². The average molecular weight is 380 g/mol. The van der Waals surface area contributed by atoms with E-state index in [0.29, 0.717) is 13.1 Å². The second-order valence-corrected chi connectivity index (χ2v) is 9.31. The third-order valence-corrected chi connectivity index (χ3v) is 7.01. The van der Waals surface area contributed by atoms with E-state index in [0.717, 1.165) is 5.56 Å². The van der Waals surface area contributed by atoms with E-state index in [1.54, 1.807) is 43.0 Å². The van der Waals surface area contributed by atoms with E-state index in [2.05, 4.69) is 0 Å². The van der Waals surface area contributed by atoms with Gasteiger partial charge >= 0.3 is 5.97 Å². The van der Waals surface area contributed by atoms with Gasteiger partial charge in [0.1, 0.15) is 5.60 Å². The van der Waals surface area contributed by atoms with Gasteiger partial charge in [0.15, 0.2) is 0 Å². The minimum atomic E-state index is -3.56. The van der Waals surface area contributed by atoms with E-state index < -0.39 is 21.5 Å². The van der Waals surface area contributed by atoms with E-state index in [9.17, 15) is 18.0 Å². The molecule has 26 heavy (non-hydrogen) atoms. The van der Waals surface area contributed by atoms with Crippen molar-refractivity contribution in [3.8, 4) is 0 Å². The first-order valence-electron chi connectivity index (χ1n) is 8.69. The molecule has 1 aromatic carbocycles. The van der Waals surface area contributed by atoms with Crippen LogP contribution in [0, 0.1) is 12.8 Å². The van der Waals surface area contributed by atoms with Crippen LogP contribution in [0.5, 0.6) is 0 Å². The lowest BCUT2D eigenvalue weighted by atomic mass is 9.89. The zero-order valence-corrected chi connectivity index (χ0v) is 16.1. The molecule has 2 aliphatic heterocycles. The van der Waals surface area contributed by atoms with Gasteiger partial charge in [0.25, 0.3) is 0 Å². The van der Waals surface area contributed by atoms with Crippen molar-refractivity contribution in [2.75, 3.05) is 26.2 Å². The molecular formula is C18H24N2O5S. The normalized spacial score (nSPS) is 23.7. The summed E-state index contributed by atoms with van der Waals surface area (Å²) in [6.45, 7) is 6.47. The molecule has 1 amide bonds. The second-order valence-electron chi connectivity index (χ2n) is 7.38. The zero-order valence-electron chi connectivity index (χ0n) is 15.3. The maximum absolute atomic E-state index is 12.8. The first-order valence-corrected chi connectivity index (χ1v) is 10.1. The number of carbonyl (C=O) groups is 2. The number of hydrogen-bond donors (Lipinski definition) is 0. The largest absolute Gasteiger partial charge is 0.459 e. The Bertz CT molecular complexity index is 808. The molecule has 3 rings (SSSR count). The monoisotopic (exact) mass is 380 g/mol. The van der Waals surface area contributed by atoms with Crippen molar-refractivity contribution in [3.05, 3.63) is 29.8 Å². The Morgan fingerprint density at radius 2 is 1.69 bits per heavy atom. The van der Waals surface area contributed by atoms with Gasteiger partial charge in [0.05, 0.1) is 17.2 Å². The fourth-order valence-corrected chi connectivity index (χ4v) is 4.85. The first-order chi connectivity index (χ1) is 12.1. The fraction of sp³-hybridized carbons (Fsp3) is 0.556. The van der Waals surface area contributed by atoms with Crippen LogP contribution in [0.3, 0.4) is 0 Å². The van der Waals surface area contributed by atoms with Gasteiger partial charge in [-0.05, 0) is 32.9 Å². The van der Waals surface area contributed by atoms with E-state index in [-0.39, 0.29) is 36.3 Å². The van der Waals surface area contributed by atoms with Crippen LogP contribution in [0.15, 0.2) is 29.2 Å². The van der Waals surface area contributed by atoms with Crippen LogP contribution in [-0.4, -0.2) is 61.3 Å². The number of hydrogen-bond acceptors (Lipinski definition) is 5. The second kappa shape index (κ2) is 6.66. The van der Waals surface area contributed by atoms with Gasteiger partial charge in [0, 0.05) is 26.2 Å². The molecule has 2 fully saturated rings. The summed E-state index contributed by atoms with van der Waals surface area (Å²) in [7, 11) is -3.56. The van der Waals surface area contributed by atoms with Crippen LogP contribution in [-0.2, 0) is 24.3 Å². The number of piperazine rings is 1. The van der Waals surface area contributed by atoms with Crippen molar-refractivity contribution in [3.63, 3.8) is 0 Å². The molecule has 2 aliphatic rings. The molecule has 8 heteroatoms. The van der Waals surface area contributed by atoms with Crippen LogP contribution in [0.25, 0.3) is 0 Å². The van der Waals surface area contributed by atoms with Crippen LogP contribution in [0.2, 0.25) is 0 Å². The number of sulfonamides is 1. The lowest BCUT2D eigenvalue weighted by Crippen LogP contribution is -2.53. The summed E-state index contributed by atoms with van der Waals surface area (Å²) in [5.74, 6) is -1.03. The molecule has 0 radical (unpaired) electrons. The number of carbonyl (C=O) groups excluding carboxylic acids is 2. The number of rotatable bonds is 3. The summed E-state index contributed by atoms with van der Waals surface area (Å²) in [5.41, 5.74) is 0.175. The van der Waals surface area contributed by atoms with Gasteiger partial charge in [0.2, 0.25) is 15.9 Å². The Hall–Kier alpha value is -1.93. The third kappa shape index (κ3) is 3.48. The molecule has 7 nitrogen and oxygen atoms in total. The van der Waals surface area contributed by atoms with Crippen LogP contribution in [0.4, 0.5) is 0 Å². The molecule has 0 unspecified atom stereocenters. The van der Waals surface area contributed by atoms with Gasteiger partial charge in [-0.25, -0.2) is 8.42 Å². The smallest absolute Gasteiger partial charge is 0.307 e. The number of nitrogens with zero attached hydrogens (tertiary/aromatic N) is 2. The summed E-state index contributed by atoms with van der Waals surface area (Å²) in [6.07, 6.45) is 0.0771. The zero-order chi connectivity index (χ0) is 19.1. The molecule has 2 saturated heterocycles. The lowest BCUT2D eigenvalue weighted by Gasteiger charge is -2.36. The highest BCUT2D eigenvalue weighted by Gasteiger charge is 2.48. The van der Waals surface area contributed by atoms with Crippen molar-refractivity contribution >= 4 is 21.9 Å². The Morgan fingerprint density at radius 1 is 1.12 bits per heavy atom. The van der Waals surface area contributed by atoms with E-state index in [1.165, 1.54) is 4.31 Å². The molecule has 0 aromatic heterocycles. The number of cyclic esters (lactones) is 1. The standard InChI is InChI=1S/C18H24N2O5S/c1-13-4-6-14(7-5-13)26(23,24)20-10-8-19(9-11-20)17(22)15-12-16(21)25-18(15,2)3/h4-7,15H,8-12H2,1-3H3/t15-/m1/s1. The van der Waals surface area contributed by atoms with Gasteiger partial charge in [-0.3, -0.25) is 9.59 Å². The van der Waals surface area contributed by atoms with Crippen LogP contribution >= 0.6 is 0 Å². The molecule has 1 aromatic rings. The first kappa shape index (κ1) is 18.8. The fourth-order valence-electron chi connectivity index (χ4n) is 3.43. The van der Waals surface area contributed by atoms with Crippen molar-refractivity contribution in [1.82, 2.24) is 9.21 Å². The summed E-state index contributed by atoms with van der Waals surface area (Å²) >= 11 is 0. The molecule has 0 spiro atoms. The Morgan fingerprint density at radius 3 is 2.19 bits per heavy atom. The minimum Gasteiger partial charge on any atom is -0.459 e. The highest BCUT2D eigenvalue weighted by molar-refractivity contribution is 7.89. The molecule has 0 saturated carbocycles. The average Bonchev–Trinajstić information content (AvgIpc) is 2.87. The van der Waals surface area contributed by atoms with Crippen LogP contribution in [0.1, 0.15) is 25.8 Å². The van der Waals surface area contributed by atoms with Gasteiger partial charge < -0.3 is 9.64 Å². The summed E-state index contributed by atoms with van der Waals surface area (Å²) in [6, 6.07) is 6.75. The number of ether oxygens (including phenoxy) is 1. The highest BCUT2D eigenvalue weighted by Crippen LogP contribution is 2.34. The van der Waals surface area contributed by atoms with Gasteiger partial charge in [-0.2, -0.15) is 4.31 Å². The quantitative estimate of drug-likeness (QED) is 0.735. The Labute approximate surface area is 154 Å². The Balaban J connectivity index is 1.66. The summed E-state index contributed by atoms with van der Waals surface area (Å²) < 4.78 is 32.1. The molecule has 1 atom stereocenters. The predicted molar refractivity (Wildman–Crippen MR) is 94.8 cm³/mol. The van der Waals surface area contributed by atoms with Crippen molar-refractivity contribution in [1.29, 1.82) is 0 Å². The number of benzene rings is 1. The Kier molecular flexibility index (Phi) is 4.83. The number of aryl methyl sites for hydroxylation is 1. The summed E-state index contributed by atoms with van der Waals surface area (Å²) in [5, 5.41) is 0. The molecule has 142 valence electrons. The van der Waals surface area contributed by atoms with Gasteiger partial charge in [-0.15, -0.1) is 0 Å². The number of esters is 1. The van der Waals surface area contributed by atoms with Crippen molar-refractivity contribution < 1.29 is 22.7 Å². The predicted octanol–water partition coefficient (Wildman–Crippen LogP) is 1.17. The maximum atomic E-state index is 12.8. The van der Waals surface area contributed by atoms with E-state index in [4.69, 9.17) is 4.74 Å². The molecular weight excluding hydrogens is 356 g/mol. The van der Waals surface area contributed by atoms with E-state index in [1.807, 2.05) is 6.92 Å². The van der Waals surface area contributed by atoms with Crippen molar-refractivity contribution in [2.45, 2.75) is 37.7 Å². The highest BCUT2D eigenvalue weighted by atomic mass is 32.2. The number of amides is 1.